The van der Waals surface area contributed by atoms with E-state index >= 15 is 0 Å². The van der Waals surface area contributed by atoms with Crippen LogP contribution in [0.1, 0.15) is 17.9 Å². The lowest BCUT2D eigenvalue weighted by atomic mass is 9.89. The first kappa shape index (κ1) is 13.3. The van der Waals surface area contributed by atoms with Gasteiger partial charge in [-0.05, 0) is 17.7 Å². The van der Waals surface area contributed by atoms with Gasteiger partial charge >= 0.3 is 0 Å². The molecule has 0 saturated heterocycles. The van der Waals surface area contributed by atoms with Gasteiger partial charge in [0, 0.05) is 25.4 Å². The molecule has 0 bridgehead atoms. The zero-order valence-electron chi connectivity index (χ0n) is 11.3. The number of nitrogens with zero attached hydrogens (tertiary/aromatic N) is 2. The number of halogens is 1. The highest BCUT2D eigenvalue weighted by Crippen LogP contribution is 2.33. The van der Waals surface area contributed by atoms with Gasteiger partial charge in [-0.25, -0.2) is 4.39 Å². The number of amides is 2. The van der Waals surface area contributed by atoms with Crippen molar-refractivity contribution in [2.75, 3.05) is 10.6 Å². The first-order valence-electron chi connectivity index (χ1n) is 6.42. The van der Waals surface area contributed by atoms with Crippen LogP contribution in [0.25, 0.3) is 0 Å². The number of fused-ring (bicyclic) bond motifs is 1. The molecule has 2 heterocycles. The van der Waals surface area contributed by atoms with E-state index in [1.165, 1.54) is 24.4 Å². The summed E-state index contributed by atoms with van der Waals surface area (Å²) in [4.78, 5) is 24.0. The standard InChI is InChI=1S/C14H13FN4O2/c1-19-7-9(6-16-19)17-14(21)11-5-13(20)18-12-4-8(15)2-3-10(11)12/h2-4,6-7,11H,5H2,1H3,(H,17,21)(H,18,20)/t11-/m0/s1. The first-order chi connectivity index (χ1) is 10.0. The second-order valence-corrected chi connectivity index (χ2v) is 4.93. The molecule has 0 aliphatic carbocycles. The molecule has 1 aromatic heterocycles. The highest BCUT2D eigenvalue weighted by Gasteiger charge is 2.31. The van der Waals surface area contributed by atoms with E-state index in [9.17, 15) is 14.0 Å². The van der Waals surface area contributed by atoms with Gasteiger partial charge in [-0.2, -0.15) is 5.10 Å². The summed E-state index contributed by atoms with van der Waals surface area (Å²) < 4.78 is 14.8. The number of hydrogen-bond acceptors (Lipinski definition) is 3. The number of aromatic nitrogens is 2. The summed E-state index contributed by atoms with van der Waals surface area (Å²) in [7, 11) is 1.74. The number of aryl methyl sites for hydroxylation is 1. The van der Waals surface area contributed by atoms with Crippen molar-refractivity contribution >= 4 is 23.2 Å². The van der Waals surface area contributed by atoms with Gasteiger partial charge in [0.2, 0.25) is 11.8 Å². The third-order valence-corrected chi connectivity index (χ3v) is 3.34. The average molecular weight is 288 g/mol. The number of benzene rings is 1. The van der Waals surface area contributed by atoms with E-state index in [-0.39, 0.29) is 18.2 Å². The van der Waals surface area contributed by atoms with E-state index in [0.29, 0.717) is 16.9 Å². The second-order valence-electron chi connectivity index (χ2n) is 4.93. The predicted octanol–water partition coefficient (Wildman–Crippen LogP) is 1.62. The number of hydrogen-bond donors (Lipinski definition) is 2. The number of nitrogens with one attached hydrogen (secondary N) is 2. The van der Waals surface area contributed by atoms with Gasteiger partial charge < -0.3 is 10.6 Å². The molecule has 6 nitrogen and oxygen atoms in total. The molecule has 0 fully saturated rings. The van der Waals surface area contributed by atoms with Crippen molar-refractivity contribution in [2.45, 2.75) is 12.3 Å². The molecule has 2 N–H and O–H groups in total. The highest BCUT2D eigenvalue weighted by molar-refractivity contribution is 6.04. The lowest BCUT2D eigenvalue weighted by Gasteiger charge is -2.24. The number of carbonyl (C=O) groups is 2. The van der Waals surface area contributed by atoms with Crippen LogP contribution in [-0.4, -0.2) is 21.6 Å². The largest absolute Gasteiger partial charge is 0.326 e. The van der Waals surface area contributed by atoms with Gasteiger partial charge in [-0.1, -0.05) is 6.07 Å². The van der Waals surface area contributed by atoms with E-state index in [2.05, 4.69) is 15.7 Å². The monoisotopic (exact) mass is 288 g/mol. The summed E-state index contributed by atoms with van der Waals surface area (Å²) in [6, 6.07) is 4.02. The summed E-state index contributed by atoms with van der Waals surface area (Å²) in [6.45, 7) is 0. The quantitative estimate of drug-likeness (QED) is 0.881. The Morgan fingerprint density at radius 2 is 2.33 bits per heavy atom. The molecular formula is C14H13FN4O2. The summed E-state index contributed by atoms with van der Waals surface area (Å²) >= 11 is 0. The van der Waals surface area contributed by atoms with Crippen molar-refractivity contribution in [3.05, 3.63) is 42.0 Å². The zero-order valence-corrected chi connectivity index (χ0v) is 11.3. The minimum absolute atomic E-state index is 0.0325. The number of rotatable bonds is 2. The molecule has 0 spiro atoms. The third-order valence-electron chi connectivity index (χ3n) is 3.34. The molecule has 1 aromatic carbocycles. The Balaban J connectivity index is 1.88. The second kappa shape index (κ2) is 5.01. The van der Waals surface area contributed by atoms with E-state index in [1.54, 1.807) is 17.9 Å². The molecule has 108 valence electrons. The topological polar surface area (TPSA) is 76.0 Å². The predicted molar refractivity (Wildman–Crippen MR) is 74.2 cm³/mol. The van der Waals surface area contributed by atoms with Crippen LogP contribution in [0.4, 0.5) is 15.8 Å². The van der Waals surface area contributed by atoms with Gasteiger partial charge in [0.05, 0.1) is 17.8 Å². The molecule has 21 heavy (non-hydrogen) atoms. The maximum absolute atomic E-state index is 13.2. The Hall–Kier alpha value is -2.70. The van der Waals surface area contributed by atoms with Crippen molar-refractivity contribution in [3.8, 4) is 0 Å². The van der Waals surface area contributed by atoms with Crippen LogP contribution in [0.5, 0.6) is 0 Å². The Morgan fingerprint density at radius 1 is 1.52 bits per heavy atom. The summed E-state index contributed by atoms with van der Waals surface area (Å²) in [5.74, 6) is -1.72. The van der Waals surface area contributed by atoms with Crippen molar-refractivity contribution in [1.29, 1.82) is 0 Å². The Morgan fingerprint density at radius 3 is 3.05 bits per heavy atom. The number of carbonyl (C=O) groups excluding carboxylic acids is 2. The van der Waals surface area contributed by atoms with Crippen molar-refractivity contribution < 1.29 is 14.0 Å². The van der Waals surface area contributed by atoms with Crippen molar-refractivity contribution in [3.63, 3.8) is 0 Å². The average Bonchev–Trinajstić information content (AvgIpc) is 2.82. The van der Waals surface area contributed by atoms with Crippen LogP contribution in [0.3, 0.4) is 0 Å². The molecule has 2 aromatic rings. The zero-order chi connectivity index (χ0) is 15.0. The fourth-order valence-corrected chi connectivity index (χ4v) is 2.39. The van der Waals surface area contributed by atoms with Crippen molar-refractivity contribution in [1.82, 2.24) is 9.78 Å². The molecule has 1 aliphatic heterocycles. The smallest absolute Gasteiger partial charge is 0.232 e. The van der Waals surface area contributed by atoms with Gasteiger partial charge in [-0.15, -0.1) is 0 Å². The van der Waals surface area contributed by atoms with Crippen LogP contribution in [-0.2, 0) is 16.6 Å². The van der Waals surface area contributed by atoms with Gasteiger partial charge in [0.1, 0.15) is 5.82 Å². The first-order valence-corrected chi connectivity index (χ1v) is 6.42. The maximum atomic E-state index is 13.2. The molecule has 0 saturated carbocycles. The fraction of sp³-hybridized carbons (Fsp3) is 0.214. The Kier molecular flexibility index (Phi) is 3.17. The normalized spacial score (nSPS) is 17.0. The van der Waals surface area contributed by atoms with Gasteiger partial charge in [0.25, 0.3) is 0 Å². The van der Waals surface area contributed by atoms with Crippen LogP contribution in [0.2, 0.25) is 0 Å². The van der Waals surface area contributed by atoms with Crippen LogP contribution in [0, 0.1) is 5.82 Å². The summed E-state index contributed by atoms with van der Waals surface area (Å²) in [5.41, 5.74) is 1.51. The molecule has 1 aliphatic rings. The Labute approximate surface area is 120 Å². The lowest BCUT2D eigenvalue weighted by Crippen LogP contribution is -2.30. The molecule has 0 radical (unpaired) electrons. The third kappa shape index (κ3) is 2.62. The molecule has 0 unspecified atom stereocenters. The van der Waals surface area contributed by atoms with Gasteiger partial charge in [0.15, 0.2) is 0 Å². The van der Waals surface area contributed by atoms with Crippen molar-refractivity contribution in [2.24, 2.45) is 7.05 Å². The highest BCUT2D eigenvalue weighted by atomic mass is 19.1. The Bertz CT molecular complexity index is 726. The van der Waals surface area contributed by atoms with E-state index in [1.807, 2.05) is 0 Å². The molecule has 1 atom stereocenters. The molecular weight excluding hydrogens is 275 g/mol. The van der Waals surface area contributed by atoms with Crippen LogP contribution >= 0.6 is 0 Å². The summed E-state index contributed by atoms with van der Waals surface area (Å²) in [5, 5.41) is 9.25. The number of anilines is 2. The molecule has 7 heteroatoms. The minimum Gasteiger partial charge on any atom is -0.326 e. The van der Waals surface area contributed by atoms with Crippen LogP contribution in [0.15, 0.2) is 30.6 Å². The van der Waals surface area contributed by atoms with E-state index < -0.39 is 11.7 Å². The lowest BCUT2D eigenvalue weighted by molar-refractivity contribution is -0.123. The summed E-state index contributed by atoms with van der Waals surface area (Å²) in [6.07, 6.45) is 3.21. The molecule has 3 rings (SSSR count). The fourth-order valence-electron chi connectivity index (χ4n) is 2.39. The maximum Gasteiger partial charge on any atom is 0.232 e. The van der Waals surface area contributed by atoms with E-state index in [0.717, 1.165) is 0 Å². The minimum atomic E-state index is -0.644. The van der Waals surface area contributed by atoms with Crippen LogP contribution < -0.4 is 10.6 Å². The SMILES string of the molecule is Cn1cc(NC(=O)[C@H]2CC(=O)Nc3cc(F)ccc32)cn1. The molecule has 2 amide bonds. The van der Waals surface area contributed by atoms with Gasteiger partial charge in [-0.3, -0.25) is 14.3 Å². The van der Waals surface area contributed by atoms with E-state index in [4.69, 9.17) is 0 Å².